The summed E-state index contributed by atoms with van der Waals surface area (Å²) < 4.78 is 11.2. The molecule has 0 aromatic heterocycles. The molecule has 2 atom stereocenters. The molecule has 0 amide bonds. The number of aryl methyl sites for hydroxylation is 1. The van der Waals surface area contributed by atoms with Gasteiger partial charge >= 0.3 is 0 Å². The summed E-state index contributed by atoms with van der Waals surface area (Å²) in [6, 6.07) is 14.3. The fourth-order valence-electron chi connectivity index (χ4n) is 3.84. The Morgan fingerprint density at radius 2 is 1.74 bits per heavy atom. The average molecular weight is 310 g/mol. The number of carbonyl (C=O) groups excluding carboxylic acids is 1. The van der Waals surface area contributed by atoms with Gasteiger partial charge in [0.05, 0.1) is 14.2 Å². The Morgan fingerprint density at radius 1 is 1.04 bits per heavy atom. The van der Waals surface area contributed by atoms with Crippen LogP contribution in [0.3, 0.4) is 0 Å². The second kappa shape index (κ2) is 6.86. The van der Waals surface area contributed by atoms with E-state index in [0.717, 1.165) is 36.2 Å². The van der Waals surface area contributed by atoms with Crippen molar-refractivity contribution in [3.05, 3.63) is 59.2 Å². The molecule has 120 valence electrons. The maximum atomic E-state index is 11.3. The normalized spacial score (nSPS) is 19.7. The Balaban J connectivity index is 2.11. The van der Waals surface area contributed by atoms with E-state index in [1.807, 2.05) is 18.2 Å². The van der Waals surface area contributed by atoms with Crippen LogP contribution in [0.4, 0.5) is 0 Å². The maximum Gasteiger partial charge on any atom is 0.126 e. The number of ether oxygens (including phenoxy) is 2. The Hall–Kier alpha value is -2.29. The molecule has 0 spiro atoms. The van der Waals surface area contributed by atoms with Gasteiger partial charge in [0.2, 0.25) is 0 Å². The number of aldehydes is 1. The van der Waals surface area contributed by atoms with Crippen molar-refractivity contribution in [2.24, 2.45) is 0 Å². The van der Waals surface area contributed by atoms with Crippen LogP contribution in [0.5, 0.6) is 11.5 Å². The predicted molar refractivity (Wildman–Crippen MR) is 90.5 cm³/mol. The van der Waals surface area contributed by atoms with Crippen molar-refractivity contribution >= 4 is 6.29 Å². The van der Waals surface area contributed by atoms with E-state index in [-0.39, 0.29) is 11.8 Å². The molecule has 2 aromatic rings. The van der Waals surface area contributed by atoms with Crippen molar-refractivity contribution in [1.29, 1.82) is 0 Å². The van der Waals surface area contributed by atoms with Crippen LogP contribution >= 0.6 is 0 Å². The van der Waals surface area contributed by atoms with Gasteiger partial charge < -0.3 is 14.3 Å². The van der Waals surface area contributed by atoms with Crippen LogP contribution in [0.1, 0.15) is 41.4 Å². The quantitative estimate of drug-likeness (QED) is 0.780. The smallest absolute Gasteiger partial charge is 0.126 e. The van der Waals surface area contributed by atoms with Crippen LogP contribution in [-0.2, 0) is 11.2 Å². The summed E-state index contributed by atoms with van der Waals surface area (Å²) in [6.45, 7) is 0. The first-order valence-electron chi connectivity index (χ1n) is 8.02. The summed E-state index contributed by atoms with van der Waals surface area (Å²) in [4.78, 5) is 11.3. The highest BCUT2D eigenvalue weighted by Crippen LogP contribution is 2.49. The highest BCUT2D eigenvalue weighted by molar-refractivity contribution is 5.56. The topological polar surface area (TPSA) is 35.5 Å². The zero-order chi connectivity index (χ0) is 16.2. The number of carbonyl (C=O) groups is 1. The SMILES string of the molecule is COc1cccc(OC)c1[C@@H]1CCc2ccccc2[C@H]1CC=O. The number of methoxy groups -OCH3 is 2. The van der Waals surface area contributed by atoms with Gasteiger partial charge in [0, 0.05) is 12.0 Å². The van der Waals surface area contributed by atoms with Gasteiger partial charge in [0.1, 0.15) is 17.8 Å². The molecule has 0 radical (unpaired) electrons. The van der Waals surface area contributed by atoms with Crippen molar-refractivity contribution in [2.45, 2.75) is 31.1 Å². The van der Waals surface area contributed by atoms with E-state index in [9.17, 15) is 4.79 Å². The number of hydrogen-bond donors (Lipinski definition) is 0. The van der Waals surface area contributed by atoms with Gasteiger partial charge in [0.25, 0.3) is 0 Å². The zero-order valence-electron chi connectivity index (χ0n) is 13.6. The molecule has 0 fully saturated rings. The van der Waals surface area contributed by atoms with E-state index < -0.39 is 0 Å². The van der Waals surface area contributed by atoms with Crippen molar-refractivity contribution in [3.8, 4) is 11.5 Å². The van der Waals surface area contributed by atoms with E-state index in [1.165, 1.54) is 11.1 Å². The molecule has 23 heavy (non-hydrogen) atoms. The van der Waals surface area contributed by atoms with Crippen molar-refractivity contribution in [2.75, 3.05) is 14.2 Å². The summed E-state index contributed by atoms with van der Waals surface area (Å²) in [7, 11) is 3.37. The molecule has 0 unspecified atom stereocenters. The molecule has 3 rings (SSSR count). The number of rotatable bonds is 5. The number of benzene rings is 2. The fourth-order valence-corrected chi connectivity index (χ4v) is 3.84. The summed E-state index contributed by atoms with van der Waals surface area (Å²) in [5, 5.41) is 0. The van der Waals surface area contributed by atoms with Crippen molar-refractivity contribution < 1.29 is 14.3 Å². The van der Waals surface area contributed by atoms with Crippen molar-refractivity contribution in [3.63, 3.8) is 0 Å². The Bertz CT molecular complexity index is 671. The molecule has 2 aromatic carbocycles. The summed E-state index contributed by atoms with van der Waals surface area (Å²) >= 11 is 0. The van der Waals surface area contributed by atoms with E-state index >= 15 is 0 Å². The third-order valence-corrected chi connectivity index (χ3v) is 4.85. The van der Waals surface area contributed by atoms with Gasteiger partial charge in [-0.05, 0) is 47.9 Å². The Morgan fingerprint density at radius 3 is 2.39 bits per heavy atom. The van der Waals surface area contributed by atoms with Crippen LogP contribution in [0.15, 0.2) is 42.5 Å². The molecule has 0 saturated heterocycles. The first-order valence-corrected chi connectivity index (χ1v) is 8.02. The monoisotopic (exact) mass is 310 g/mol. The van der Waals surface area contributed by atoms with E-state index in [1.54, 1.807) is 14.2 Å². The standard InChI is InChI=1S/C20H22O3/c1-22-18-8-5-9-19(23-2)20(18)17-11-10-14-6-3-4-7-15(14)16(17)12-13-21/h3-9,13,16-17H,10-12H2,1-2H3/t16-,17-/m1/s1. The second-order valence-electron chi connectivity index (χ2n) is 5.93. The predicted octanol–water partition coefficient (Wildman–Crippen LogP) is 4.11. The molecule has 0 aliphatic heterocycles. The lowest BCUT2D eigenvalue weighted by molar-refractivity contribution is -0.108. The summed E-state index contributed by atoms with van der Waals surface area (Å²) in [5.41, 5.74) is 3.71. The van der Waals surface area contributed by atoms with Crippen LogP contribution in [-0.4, -0.2) is 20.5 Å². The van der Waals surface area contributed by atoms with Crippen molar-refractivity contribution in [1.82, 2.24) is 0 Å². The van der Waals surface area contributed by atoms with E-state index in [4.69, 9.17) is 9.47 Å². The van der Waals surface area contributed by atoms with Crippen LogP contribution in [0.2, 0.25) is 0 Å². The van der Waals surface area contributed by atoms with Crippen LogP contribution in [0, 0.1) is 0 Å². The summed E-state index contributed by atoms with van der Waals surface area (Å²) in [6.07, 6.45) is 3.55. The third kappa shape index (κ3) is 2.83. The minimum absolute atomic E-state index is 0.169. The minimum atomic E-state index is 0.169. The van der Waals surface area contributed by atoms with Gasteiger partial charge in [-0.3, -0.25) is 0 Å². The maximum absolute atomic E-state index is 11.3. The Kier molecular flexibility index (Phi) is 4.65. The largest absolute Gasteiger partial charge is 0.496 e. The fraction of sp³-hybridized carbons (Fsp3) is 0.350. The van der Waals surface area contributed by atoms with Gasteiger partial charge in [-0.1, -0.05) is 30.3 Å². The number of hydrogen-bond acceptors (Lipinski definition) is 3. The average Bonchev–Trinajstić information content (AvgIpc) is 2.61. The second-order valence-corrected chi connectivity index (χ2v) is 5.93. The zero-order valence-corrected chi connectivity index (χ0v) is 13.6. The van der Waals surface area contributed by atoms with Crippen LogP contribution in [0.25, 0.3) is 0 Å². The molecular formula is C20H22O3. The van der Waals surface area contributed by atoms with Gasteiger partial charge in [-0.2, -0.15) is 0 Å². The molecule has 0 N–H and O–H groups in total. The van der Waals surface area contributed by atoms with Gasteiger partial charge in [0.15, 0.2) is 0 Å². The van der Waals surface area contributed by atoms with Crippen LogP contribution < -0.4 is 9.47 Å². The molecule has 3 nitrogen and oxygen atoms in total. The molecule has 0 heterocycles. The molecule has 0 bridgehead atoms. The Labute approximate surface area is 137 Å². The molecule has 1 aliphatic rings. The lowest BCUT2D eigenvalue weighted by Gasteiger charge is -2.34. The first-order chi connectivity index (χ1) is 11.3. The molecular weight excluding hydrogens is 288 g/mol. The van der Waals surface area contributed by atoms with E-state index in [0.29, 0.717) is 6.42 Å². The summed E-state index contributed by atoms with van der Waals surface area (Å²) in [5.74, 6) is 2.07. The lowest BCUT2D eigenvalue weighted by Crippen LogP contribution is -2.21. The van der Waals surface area contributed by atoms with Gasteiger partial charge in [-0.25, -0.2) is 0 Å². The number of fused-ring (bicyclic) bond motifs is 1. The molecule has 0 saturated carbocycles. The van der Waals surface area contributed by atoms with Gasteiger partial charge in [-0.15, -0.1) is 0 Å². The highest BCUT2D eigenvalue weighted by Gasteiger charge is 2.33. The third-order valence-electron chi connectivity index (χ3n) is 4.85. The van der Waals surface area contributed by atoms with E-state index in [2.05, 4.69) is 24.3 Å². The minimum Gasteiger partial charge on any atom is -0.496 e. The highest BCUT2D eigenvalue weighted by atomic mass is 16.5. The lowest BCUT2D eigenvalue weighted by atomic mass is 9.70. The molecule has 1 aliphatic carbocycles. The first kappa shape index (κ1) is 15.6. The molecule has 3 heteroatoms.